The minimum atomic E-state index is -1.45. The first kappa shape index (κ1) is 22.6. The number of Topliss-reactive ketones (excluding diaryl/α,β-unsaturated/α-hetero) is 1. The average molecular weight is 402 g/mol. The summed E-state index contributed by atoms with van der Waals surface area (Å²) in [5, 5.41) is 10.1. The Morgan fingerprint density at radius 2 is 1.83 bits per heavy atom. The molecule has 1 N–H and O–H groups in total. The molecular weight excluding hydrogens is 375 g/mol. The van der Waals surface area contributed by atoms with Gasteiger partial charge >= 0.3 is 5.97 Å². The Morgan fingerprint density at radius 1 is 1.21 bits per heavy atom. The first-order valence-corrected chi connectivity index (χ1v) is 9.31. The fourth-order valence-electron chi connectivity index (χ4n) is 3.53. The van der Waals surface area contributed by atoms with Gasteiger partial charge < -0.3 is 14.6 Å². The van der Waals surface area contributed by atoms with Crippen LogP contribution in [0.5, 0.6) is 0 Å². The Morgan fingerprint density at radius 3 is 2.31 bits per heavy atom. The molecule has 0 saturated carbocycles. The van der Waals surface area contributed by atoms with Gasteiger partial charge in [-0.3, -0.25) is 9.59 Å². The van der Waals surface area contributed by atoms with Gasteiger partial charge in [0.05, 0.1) is 7.11 Å². The van der Waals surface area contributed by atoms with Crippen molar-refractivity contribution < 1.29 is 28.6 Å². The lowest BCUT2D eigenvalue weighted by Gasteiger charge is -2.40. The molecule has 0 aliphatic heterocycles. The van der Waals surface area contributed by atoms with Gasteiger partial charge in [0.2, 0.25) is 0 Å². The molecule has 1 aliphatic rings. The highest BCUT2D eigenvalue weighted by Gasteiger charge is 2.50. The lowest BCUT2D eigenvalue weighted by atomic mass is 9.68. The maximum absolute atomic E-state index is 13.2. The molecule has 0 heterocycles. The van der Waals surface area contributed by atoms with Crippen molar-refractivity contribution in [1.82, 2.24) is 0 Å². The number of rotatable bonds is 8. The number of carbonyl (C=O) groups is 2. The minimum absolute atomic E-state index is 0.142. The summed E-state index contributed by atoms with van der Waals surface area (Å²) >= 11 is 0. The fraction of sp³-hybridized carbons (Fsp3) is 0.391. The van der Waals surface area contributed by atoms with Gasteiger partial charge in [-0.1, -0.05) is 11.6 Å². The summed E-state index contributed by atoms with van der Waals surface area (Å²) in [6.07, 6.45) is 3.14. The highest BCUT2D eigenvalue weighted by molar-refractivity contribution is 5.99. The minimum Gasteiger partial charge on any atom is -0.497 e. The van der Waals surface area contributed by atoms with E-state index in [2.05, 4.69) is 0 Å². The van der Waals surface area contributed by atoms with Crippen molar-refractivity contribution in [3.05, 3.63) is 70.3 Å². The summed E-state index contributed by atoms with van der Waals surface area (Å²) < 4.78 is 24.3. The van der Waals surface area contributed by atoms with E-state index in [1.54, 1.807) is 13.0 Å². The van der Waals surface area contributed by atoms with Crippen molar-refractivity contribution >= 4 is 11.8 Å². The van der Waals surface area contributed by atoms with Gasteiger partial charge in [0.15, 0.2) is 5.78 Å². The first-order valence-electron chi connectivity index (χ1n) is 9.31. The van der Waals surface area contributed by atoms with Crippen LogP contribution in [0.25, 0.3) is 0 Å². The lowest BCUT2D eigenvalue weighted by molar-refractivity contribution is -0.152. The van der Waals surface area contributed by atoms with Gasteiger partial charge in [0, 0.05) is 24.7 Å². The third kappa shape index (κ3) is 4.65. The topological polar surface area (TPSA) is 72.8 Å². The zero-order chi connectivity index (χ0) is 21.8. The van der Waals surface area contributed by atoms with Gasteiger partial charge in [-0.05, 0) is 63.1 Å². The zero-order valence-electron chi connectivity index (χ0n) is 17.4. The molecule has 2 unspecified atom stereocenters. The standard InChI is InChI=1S/C23H27FO5/c1-14(2)6-11-18-20(28-4)13-16(23(3,22(26)27)21(18)29-5)12-19(25)15-7-9-17(24)10-8-15/h6-10,13,21H,11-12H2,1-5H3,(H,26,27). The van der Waals surface area contributed by atoms with Gasteiger partial charge in [-0.25, -0.2) is 4.39 Å². The van der Waals surface area contributed by atoms with Crippen molar-refractivity contribution in [3.8, 4) is 0 Å². The second-order valence-corrected chi connectivity index (χ2v) is 7.48. The number of methoxy groups -OCH3 is 2. The molecule has 0 aromatic heterocycles. The normalized spacial score (nSPS) is 21.4. The van der Waals surface area contributed by atoms with Crippen LogP contribution in [-0.4, -0.2) is 37.2 Å². The highest BCUT2D eigenvalue weighted by Crippen LogP contribution is 2.45. The van der Waals surface area contributed by atoms with E-state index in [1.165, 1.54) is 38.5 Å². The number of ether oxygens (including phenoxy) is 2. The molecule has 0 radical (unpaired) electrons. The van der Waals surface area contributed by atoms with E-state index in [4.69, 9.17) is 9.47 Å². The van der Waals surface area contributed by atoms with Crippen LogP contribution < -0.4 is 0 Å². The van der Waals surface area contributed by atoms with Crippen molar-refractivity contribution in [2.45, 2.75) is 39.7 Å². The molecule has 0 amide bonds. The molecule has 1 aromatic rings. The predicted molar refractivity (Wildman–Crippen MR) is 108 cm³/mol. The van der Waals surface area contributed by atoms with Crippen LogP contribution in [-0.2, 0) is 14.3 Å². The Hall–Kier alpha value is -2.73. The van der Waals surface area contributed by atoms with Crippen LogP contribution in [0.2, 0.25) is 0 Å². The summed E-state index contributed by atoms with van der Waals surface area (Å²) in [5.41, 5.74) is 1.04. The van der Waals surface area contributed by atoms with Crippen LogP contribution in [0, 0.1) is 11.2 Å². The van der Waals surface area contributed by atoms with Crippen LogP contribution in [0.3, 0.4) is 0 Å². The molecule has 0 fully saturated rings. The van der Waals surface area contributed by atoms with Gasteiger partial charge in [0.25, 0.3) is 0 Å². The van der Waals surface area contributed by atoms with E-state index in [0.29, 0.717) is 28.9 Å². The smallest absolute Gasteiger partial charge is 0.316 e. The Kier molecular flexibility index (Phi) is 7.14. The maximum atomic E-state index is 13.2. The van der Waals surface area contributed by atoms with E-state index in [-0.39, 0.29) is 12.2 Å². The van der Waals surface area contributed by atoms with Crippen LogP contribution in [0.15, 0.2) is 58.9 Å². The van der Waals surface area contributed by atoms with E-state index >= 15 is 0 Å². The second kappa shape index (κ2) is 9.18. The molecule has 5 nitrogen and oxygen atoms in total. The molecule has 0 spiro atoms. The summed E-state index contributed by atoms with van der Waals surface area (Å²) in [6, 6.07) is 5.18. The highest BCUT2D eigenvalue weighted by atomic mass is 19.1. The number of benzene rings is 1. The largest absolute Gasteiger partial charge is 0.497 e. The summed E-state index contributed by atoms with van der Waals surface area (Å²) in [5.74, 6) is -1.34. The number of halogens is 1. The molecule has 2 rings (SSSR count). The van der Waals surface area contributed by atoms with E-state index in [9.17, 15) is 19.1 Å². The van der Waals surface area contributed by atoms with Crippen molar-refractivity contribution in [3.63, 3.8) is 0 Å². The van der Waals surface area contributed by atoms with Gasteiger partial charge in [-0.2, -0.15) is 0 Å². The quantitative estimate of drug-likeness (QED) is 0.504. The third-order valence-corrected chi connectivity index (χ3v) is 5.28. The second-order valence-electron chi connectivity index (χ2n) is 7.48. The first-order chi connectivity index (χ1) is 13.6. The van der Waals surface area contributed by atoms with Crippen molar-refractivity contribution in [2.75, 3.05) is 14.2 Å². The number of hydrogen-bond acceptors (Lipinski definition) is 4. The number of carbonyl (C=O) groups excluding carboxylic acids is 1. The molecular formula is C23H27FO5. The average Bonchev–Trinajstić information content (AvgIpc) is 2.67. The van der Waals surface area contributed by atoms with E-state index in [0.717, 1.165) is 5.57 Å². The number of ketones is 1. The van der Waals surface area contributed by atoms with E-state index in [1.807, 2.05) is 19.9 Å². The van der Waals surface area contributed by atoms with Crippen LogP contribution in [0.1, 0.15) is 44.0 Å². The summed E-state index contributed by atoms with van der Waals surface area (Å²) in [6.45, 7) is 5.47. The zero-order valence-corrected chi connectivity index (χ0v) is 17.4. The number of carboxylic acid groups (broad SMARTS) is 1. The molecule has 6 heteroatoms. The number of aliphatic carboxylic acids is 1. The number of carboxylic acids is 1. The molecule has 0 saturated heterocycles. The van der Waals surface area contributed by atoms with Gasteiger partial charge in [0.1, 0.15) is 23.1 Å². The number of hydrogen-bond donors (Lipinski definition) is 1. The van der Waals surface area contributed by atoms with E-state index < -0.39 is 23.3 Å². The van der Waals surface area contributed by atoms with Crippen LogP contribution >= 0.6 is 0 Å². The predicted octanol–water partition coefficient (Wildman–Crippen LogP) is 4.70. The molecule has 2 atom stereocenters. The summed E-state index contributed by atoms with van der Waals surface area (Å²) in [4.78, 5) is 25.1. The molecule has 29 heavy (non-hydrogen) atoms. The number of allylic oxidation sites excluding steroid dienone is 3. The molecule has 0 bridgehead atoms. The Bertz CT molecular complexity index is 875. The SMILES string of the molecule is COC1=C(CC=C(C)C)C(OC)C(C)(C(=O)O)C(CC(=O)c2ccc(F)cc2)=C1. The lowest BCUT2D eigenvalue weighted by Crippen LogP contribution is -2.46. The monoisotopic (exact) mass is 402 g/mol. The maximum Gasteiger partial charge on any atom is 0.316 e. The van der Waals surface area contributed by atoms with Gasteiger partial charge in [-0.15, -0.1) is 0 Å². The van der Waals surface area contributed by atoms with Crippen molar-refractivity contribution in [2.24, 2.45) is 5.41 Å². The summed E-state index contributed by atoms with van der Waals surface area (Å²) in [7, 11) is 2.95. The Labute approximate surface area is 170 Å². The van der Waals surface area contributed by atoms with Crippen molar-refractivity contribution in [1.29, 1.82) is 0 Å². The fourth-order valence-corrected chi connectivity index (χ4v) is 3.53. The van der Waals surface area contributed by atoms with Crippen LogP contribution in [0.4, 0.5) is 4.39 Å². The Balaban J connectivity index is 2.53. The molecule has 1 aliphatic carbocycles. The molecule has 156 valence electrons. The molecule has 1 aromatic carbocycles. The third-order valence-electron chi connectivity index (χ3n) is 5.28.